The molecule has 10 nitrogen and oxygen atoms in total. The third-order valence-corrected chi connectivity index (χ3v) is 12.9. The summed E-state index contributed by atoms with van der Waals surface area (Å²) in [5.41, 5.74) is -1.26. The van der Waals surface area contributed by atoms with Crippen LogP contribution in [0.25, 0.3) is 86.2 Å². The molecule has 316 valence electrons. The number of benzene rings is 7. The fourth-order valence-electron chi connectivity index (χ4n) is 10.6. The van der Waals surface area contributed by atoms with Crippen LogP contribution in [0.3, 0.4) is 0 Å². The monoisotopic (exact) mass is 830 g/mol. The van der Waals surface area contributed by atoms with Gasteiger partial charge in [-0.1, -0.05) is 55.4 Å². The summed E-state index contributed by atoms with van der Waals surface area (Å²) in [6, 6.07) is 6.68. The average molecular weight is 831 g/mol. The van der Waals surface area contributed by atoms with E-state index in [1.807, 2.05) is 55.4 Å². The van der Waals surface area contributed by atoms with Crippen LogP contribution < -0.4 is 22.2 Å². The Morgan fingerprint density at radius 3 is 0.742 bits per heavy atom. The first-order valence-electron chi connectivity index (χ1n) is 22.0. The lowest BCUT2D eigenvalue weighted by Gasteiger charge is -2.26. The molecule has 0 aliphatic rings. The molecule has 0 fully saturated rings. The van der Waals surface area contributed by atoms with E-state index in [1.54, 1.807) is 38.1 Å². The van der Waals surface area contributed by atoms with Crippen LogP contribution in [-0.4, -0.2) is 32.3 Å². The molecule has 0 atom stereocenters. The van der Waals surface area contributed by atoms with Crippen LogP contribution in [0.4, 0.5) is 0 Å². The number of ketones is 4. The molecule has 62 heavy (non-hydrogen) atoms. The molecule has 2 heterocycles. The number of nitrogens with zero attached hydrogens (tertiary/aromatic N) is 2. The molecule has 2 aromatic heterocycles. The van der Waals surface area contributed by atoms with E-state index in [1.165, 1.54) is 0 Å². The molecule has 0 saturated heterocycles. The zero-order valence-corrected chi connectivity index (χ0v) is 37.0. The number of carbonyl (C=O) groups is 4. The quantitative estimate of drug-likeness (QED) is 0.0598. The van der Waals surface area contributed by atoms with Gasteiger partial charge >= 0.3 is 0 Å². The largest absolute Gasteiger partial charge is 0.294 e. The number of aromatic nitrogens is 2. The number of Topliss-reactive ketones (excluding diaryl/α,β-unsaturated/α-hetero) is 4. The minimum Gasteiger partial charge on any atom is -0.294 e. The normalized spacial score (nSPS) is 12.9. The van der Waals surface area contributed by atoms with Crippen LogP contribution >= 0.6 is 0 Å². The Balaban J connectivity index is 1.76. The van der Waals surface area contributed by atoms with Crippen molar-refractivity contribution in [3.05, 3.63) is 87.9 Å². The molecule has 9 aromatic rings. The van der Waals surface area contributed by atoms with Crippen LogP contribution in [0.2, 0.25) is 0 Å². The molecule has 0 N–H and O–H groups in total. The van der Waals surface area contributed by atoms with Crippen molar-refractivity contribution >= 4 is 109 Å². The van der Waals surface area contributed by atoms with Gasteiger partial charge in [-0.2, -0.15) is 0 Å². The maximum Gasteiger partial charge on any atom is 0.262 e. The van der Waals surface area contributed by atoms with Crippen molar-refractivity contribution in [2.75, 3.05) is 0 Å². The van der Waals surface area contributed by atoms with Crippen LogP contribution in [0, 0.1) is 23.7 Å². The summed E-state index contributed by atoms with van der Waals surface area (Å²) in [4.78, 5) is 118. The predicted octanol–water partition coefficient (Wildman–Crippen LogP) is 10.1. The second kappa shape index (κ2) is 14.2. The molecule has 0 bridgehead atoms. The van der Waals surface area contributed by atoms with Gasteiger partial charge in [0.25, 0.3) is 22.2 Å². The zero-order valence-electron chi connectivity index (χ0n) is 37.0. The number of rotatable bonds is 14. The Hall–Kier alpha value is -6.16. The second-order valence-electron chi connectivity index (χ2n) is 19.2. The van der Waals surface area contributed by atoms with Crippen molar-refractivity contribution in [2.24, 2.45) is 23.7 Å². The van der Waals surface area contributed by atoms with Crippen LogP contribution in [-0.2, 0) is 13.1 Å². The van der Waals surface area contributed by atoms with E-state index >= 15 is 0 Å². The fourth-order valence-corrected chi connectivity index (χ4v) is 10.6. The summed E-state index contributed by atoms with van der Waals surface area (Å²) in [6.45, 7) is 19.0. The van der Waals surface area contributed by atoms with Crippen molar-refractivity contribution in [1.29, 1.82) is 0 Å². The van der Waals surface area contributed by atoms with Crippen molar-refractivity contribution in [2.45, 2.75) is 108 Å². The number of carbonyl (C=O) groups excluding carboxylic acids is 4. The molecular weight excluding hydrogens is 781 g/mol. The topological polar surface area (TPSA) is 146 Å². The van der Waals surface area contributed by atoms with Crippen molar-refractivity contribution in [3.63, 3.8) is 0 Å². The van der Waals surface area contributed by atoms with Gasteiger partial charge in [-0.3, -0.25) is 47.5 Å². The zero-order chi connectivity index (χ0) is 44.7. The van der Waals surface area contributed by atoms with Crippen LogP contribution in [0.5, 0.6) is 0 Å². The van der Waals surface area contributed by atoms with Gasteiger partial charge in [0.1, 0.15) is 0 Å². The van der Waals surface area contributed by atoms with Gasteiger partial charge in [-0.25, -0.2) is 0 Å². The van der Waals surface area contributed by atoms with Crippen molar-refractivity contribution in [3.8, 4) is 0 Å². The lowest BCUT2D eigenvalue weighted by Crippen LogP contribution is -2.24. The highest BCUT2D eigenvalue weighted by Gasteiger charge is 2.35. The third kappa shape index (κ3) is 5.47. The molecular formula is C52H50N2O8. The molecule has 0 aliphatic carbocycles. The number of hydrogen-bond donors (Lipinski definition) is 0. The van der Waals surface area contributed by atoms with E-state index in [9.17, 15) is 38.4 Å². The van der Waals surface area contributed by atoms with E-state index in [2.05, 4.69) is 0 Å². The maximum atomic E-state index is 14.7. The van der Waals surface area contributed by atoms with Crippen LogP contribution in [0.1, 0.15) is 136 Å². The average Bonchev–Trinajstić information content (AvgIpc) is 3.61. The summed E-state index contributed by atoms with van der Waals surface area (Å²) < 4.78 is 2.32. The predicted molar refractivity (Wildman–Crippen MR) is 250 cm³/mol. The lowest BCUT2D eigenvalue weighted by molar-refractivity contribution is 0.0956. The van der Waals surface area contributed by atoms with E-state index < -0.39 is 22.2 Å². The Bertz CT molecular complexity index is 3190. The molecule has 0 spiro atoms. The van der Waals surface area contributed by atoms with Gasteiger partial charge in [0.05, 0.1) is 21.5 Å². The Morgan fingerprint density at radius 2 is 0.565 bits per heavy atom. The second-order valence-corrected chi connectivity index (χ2v) is 19.2. The van der Waals surface area contributed by atoms with Gasteiger partial charge in [0.2, 0.25) is 0 Å². The maximum absolute atomic E-state index is 14.7. The van der Waals surface area contributed by atoms with Gasteiger partial charge in [0.15, 0.2) is 23.1 Å². The standard InChI is InChI=1S/C52H50N2O8/c1-11-53-49(59)43-29-17-25(33(55)13-21(3)4)37-27(35(57)15-23(7)8)19-31-41-42-32(46-45(31)51(61)54(12-2)52(46)62)20-28(36(58)16-24(9)10)38-26(34(56)14-22(5)6)18-30(44(43)50(53)60)40(48(38)42)39(29)47(37)41/h17-24H,11-16H2,1-10H3. The molecule has 7 aromatic carbocycles. The van der Waals surface area contributed by atoms with Gasteiger partial charge in [-0.05, 0) is 105 Å². The molecule has 0 unspecified atom stereocenters. The Kier molecular flexibility index (Phi) is 9.43. The highest BCUT2D eigenvalue weighted by atomic mass is 16.2. The van der Waals surface area contributed by atoms with E-state index in [0.717, 1.165) is 9.13 Å². The SMILES string of the molecule is CCn1c(=O)c2c3cc(C(=O)CC(C)C)c4c(C(=O)CC(C)C)cc5c6c(=O)n(CC)c(=O)c6c6cc(C(=O)CC(C)C)c7c(C(=O)CC(C)C)cc(c2c1=O)c1c7c6c5c4c31. The molecule has 0 saturated carbocycles. The number of hydrogen-bond acceptors (Lipinski definition) is 8. The lowest BCUT2D eigenvalue weighted by atomic mass is 9.75. The van der Waals surface area contributed by atoms with Gasteiger partial charge in [0, 0.05) is 82.6 Å². The summed E-state index contributed by atoms with van der Waals surface area (Å²) in [7, 11) is 0. The fraction of sp³-hybridized carbons (Fsp3) is 0.385. The Labute approximate surface area is 356 Å². The molecule has 9 rings (SSSR count). The highest BCUT2D eigenvalue weighted by molar-refractivity contribution is 6.53. The van der Waals surface area contributed by atoms with Crippen molar-refractivity contribution in [1.82, 2.24) is 9.13 Å². The van der Waals surface area contributed by atoms with E-state index in [4.69, 9.17) is 0 Å². The molecule has 0 radical (unpaired) electrons. The molecule has 10 heteroatoms. The first-order valence-corrected chi connectivity index (χ1v) is 22.0. The molecule has 0 amide bonds. The van der Waals surface area contributed by atoms with Crippen LogP contribution in [0.15, 0.2) is 43.4 Å². The van der Waals surface area contributed by atoms with Gasteiger partial charge < -0.3 is 0 Å². The molecule has 0 aliphatic heterocycles. The first-order chi connectivity index (χ1) is 29.3. The summed E-state index contributed by atoms with van der Waals surface area (Å²) in [5.74, 6) is -1.28. The summed E-state index contributed by atoms with van der Waals surface area (Å²) in [6.07, 6.45) is 0.507. The Morgan fingerprint density at radius 1 is 0.355 bits per heavy atom. The first kappa shape index (κ1) is 41.2. The summed E-state index contributed by atoms with van der Waals surface area (Å²) in [5, 5.41) is 5.48. The highest BCUT2D eigenvalue weighted by Crippen LogP contribution is 2.54. The minimum absolute atomic E-state index is 0.0655. The minimum atomic E-state index is -0.542. The van der Waals surface area contributed by atoms with Gasteiger partial charge in [-0.15, -0.1) is 0 Å². The third-order valence-electron chi connectivity index (χ3n) is 12.9. The van der Waals surface area contributed by atoms with E-state index in [0.29, 0.717) is 64.6 Å². The van der Waals surface area contributed by atoms with Crippen molar-refractivity contribution < 1.29 is 19.2 Å². The van der Waals surface area contributed by atoms with E-state index in [-0.39, 0.29) is 129 Å². The smallest absolute Gasteiger partial charge is 0.262 e. The summed E-state index contributed by atoms with van der Waals surface area (Å²) >= 11 is 0. The number of fused-ring (bicyclic) bond motifs is 6.